The quantitative estimate of drug-likeness (QED) is 0.416. The summed E-state index contributed by atoms with van der Waals surface area (Å²) in [6.45, 7) is 0. The Hall–Kier alpha value is -1.71. The van der Waals surface area contributed by atoms with Crippen LogP contribution in [0, 0.1) is 0 Å². The summed E-state index contributed by atoms with van der Waals surface area (Å²) in [4.78, 5) is 22.0. The zero-order valence-corrected chi connectivity index (χ0v) is 7.57. The van der Waals surface area contributed by atoms with Gasteiger partial charge in [-0.3, -0.25) is 4.79 Å². The Kier molecular flexibility index (Phi) is 3.34. The van der Waals surface area contributed by atoms with Crippen LogP contribution in [0.15, 0.2) is 30.3 Å². The van der Waals surface area contributed by atoms with Crippen LogP contribution in [-0.4, -0.2) is 25.0 Å². The average Bonchev–Trinajstić information content (AvgIpc) is 2.27. The molecule has 0 aliphatic rings. The number of carbonyl (C=O) groups excluding carboxylic acids is 2. The van der Waals surface area contributed by atoms with Gasteiger partial charge in [-0.05, 0) is 0 Å². The van der Waals surface area contributed by atoms with Crippen LogP contribution in [0.4, 0.5) is 4.39 Å². The van der Waals surface area contributed by atoms with E-state index in [-0.39, 0.29) is 5.56 Å². The molecule has 0 aliphatic carbocycles. The molecule has 0 fully saturated rings. The normalized spacial score (nSPS) is 11.9. The molecule has 0 saturated heterocycles. The number of halogens is 1. The number of hydrogen-bond acceptors (Lipinski definition) is 3. The van der Waals surface area contributed by atoms with Crippen LogP contribution in [0.25, 0.3) is 0 Å². The number of ketones is 1. The van der Waals surface area contributed by atoms with Crippen molar-refractivity contribution in [2.45, 2.75) is 6.17 Å². The minimum Gasteiger partial charge on any atom is -0.467 e. The Balaban J connectivity index is 2.81. The molecule has 1 atom stereocenters. The first-order chi connectivity index (χ1) is 6.66. The second kappa shape index (κ2) is 4.50. The summed E-state index contributed by atoms with van der Waals surface area (Å²) in [6.07, 6.45) is -2.23. The van der Waals surface area contributed by atoms with Crippen LogP contribution in [0.3, 0.4) is 0 Å². The molecule has 14 heavy (non-hydrogen) atoms. The number of hydrogen-bond donors (Lipinski definition) is 0. The molecule has 0 radical (unpaired) electrons. The van der Waals surface area contributed by atoms with Crippen LogP contribution < -0.4 is 0 Å². The monoisotopic (exact) mass is 196 g/mol. The topological polar surface area (TPSA) is 43.4 Å². The summed E-state index contributed by atoms with van der Waals surface area (Å²) in [6, 6.07) is 7.77. The minimum atomic E-state index is -2.23. The number of rotatable bonds is 3. The number of esters is 1. The van der Waals surface area contributed by atoms with Crippen molar-refractivity contribution >= 4 is 11.8 Å². The second-order valence-corrected chi connectivity index (χ2v) is 2.62. The second-order valence-electron chi connectivity index (χ2n) is 2.62. The van der Waals surface area contributed by atoms with Gasteiger partial charge in [0.05, 0.1) is 7.11 Å². The van der Waals surface area contributed by atoms with Gasteiger partial charge in [0, 0.05) is 5.56 Å². The zero-order chi connectivity index (χ0) is 10.6. The molecule has 1 aromatic carbocycles. The van der Waals surface area contributed by atoms with E-state index < -0.39 is 17.9 Å². The van der Waals surface area contributed by atoms with Crippen LogP contribution >= 0.6 is 0 Å². The third-order valence-corrected chi connectivity index (χ3v) is 1.70. The number of alkyl halides is 1. The summed E-state index contributed by atoms with van der Waals surface area (Å²) in [5.41, 5.74) is 0.158. The Morgan fingerprint density at radius 3 is 2.36 bits per heavy atom. The van der Waals surface area contributed by atoms with E-state index >= 15 is 0 Å². The molecule has 0 saturated carbocycles. The lowest BCUT2D eigenvalue weighted by atomic mass is 10.1. The van der Waals surface area contributed by atoms with Gasteiger partial charge in [-0.25, -0.2) is 9.18 Å². The van der Waals surface area contributed by atoms with Gasteiger partial charge in [0.15, 0.2) is 0 Å². The highest BCUT2D eigenvalue weighted by Crippen LogP contribution is 2.07. The van der Waals surface area contributed by atoms with Crippen LogP contribution in [0.2, 0.25) is 0 Å². The van der Waals surface area contributed by atoms with E-state index in [1.54, 1.807) is 18.2 Å². The van der Waals surface area contributed by atoms with Crippen molar-refractivity contribution in [2.75, 3.05) is 7.11 Å². The van der Waals surface area contributed by atoms with E-state index in [1.165, 1.54) is 12.1 Å². The summed E-state index contributed by atoms with van der Waals surface area (Å²) in [5.74, 6) is -2.05. The van der Waals surface area contributed by atoms with Gasteiger partial charge < -0.3 is 4.74 Å². The number of methoxy groups -OCH3 is 1. The molecular weight excluding hydrogens is 187 g/mol. The van der Waals surface area contributed by atoms with Gasteiger partial charge in [-0.1, -0.05) is 30.3 Å². The summed E-state index contributed by atoms with van der Waals surface area (Å²) >= 11 is 0. The fourth-order valence-corrected chi connectivity index (χ4v) is 0.959. The first-order valence-corrected chi connectivity index (χ1v) is 3.98. The van der Waals surface area contributed by atoms with Crippen LogP contribution in [0.1, 0.15) is 10.4 Å². The van der Waals surface area contributed by atoms with Crippen molar-refractivity contribution in [3.05, 3.63) is 35.9 Å². The summed E-state index contributed by atoms with van der Waals surface area (Å²) < 4.78 is 17.2. The van der Waals surface area contributed by atoms with Crippen LogP contribution in [-0.2, 0) is 9.53 Å². The predicted octanol–water partition coefficient (Wildman–Crippen LogP) is 1.38. The first kappa shape index (κ1) is 10.4. The SMILES string of the molecule is COC(=O)C(F)C(=O)c1ccccc1. The molecular formula is C10H9FO3. The third kappa shape index (κ3) is 2.16. The lowest BCUT2D eigenvalue weighted by Crippen LogP contribution is -2.26. The predicted molar refractivity (Wildman–Crippen MR) is 47.7 cm³/mol. The molecule has 0 spiro atoms. The molecule has 3 nitrogen and oxygen atoms in total. The molecule has 0 N–H and O–H groups in total. The first-order valence-electron chi connectivity index (χ1n) is 3.98. The maximum atomic E-state index is 13.1. The van der Waals surface area contributed by atoms with Gasteiger partial charge in [0.1, 0.15) is 0 Å². The van der Waals surface area contributed by atoms with E-state index in [2.05, 4.69) is 4.74 Å². The van der Waals surface area contributed by atoms with Gasteiger partial charge in [0.2, 0.25) is 5.78 Å². The Bertz CT molecular complexity index is 334. The highest BCUT2D eigenvalue weighted by atomic mass is 19.1. The summed E-state index contributed by atoms with van der Waals surface area (Å²) in [5, 5.41) is 0. The van der Waals surface area contributed by atoms with E-state index in [1.807, 2.05) is 0 Å². The van der Waals surface area contributed by atoms with Crippen molar-refractivity contribution in [3.8, 4) is 0 Å². The van der Waals surface area contributed by atoms with E-state index in [9.17, 15) is 14.0 Å². The van der Waals surface area contributed by atoms with Crippen molar-refractivity contribution < 1.29 is 18.7 Å². The Morgan fingerprint density at radius 1 is 1.29 bits per heavy atom. The minimum absolute atomic E-state index is 0.158. The van der Waals surface area contributed by atoms with Crippen molar-refractivity contribution in [1.82, 2.24) is 0 Å². The third-order valence-electron chi connectivity index (χ3n) is 1.70. The lowest BCUT2D eigenvalue weighted by Gasteiger charge is -2.04. The molecule has 0 amide bonds. The number of carbonyl (C=O) groups is 2. The molecule has 1 aromatic rings. The highest BCUT2D eigenvalue weighted by Gasteiger charge is 2.27. The largest absolute Gasteiger partial charge is 0.467 e. The van der Waals surface area contributed by atoms with Gasteiger partial charge in [0.25, 0.3) is 6.17 Å². The smallest absolute Gasteiger partial charge is 0.348 e. The highest BCUT2D eigenvalue weighted by molar-refractivity contribution is 6.10. The maximum Gasteiger partial charge on any atom is 0.348 e. The Labute approximate surface area is 80.5 Å². The molecule has 0 aromatic heterocycles. The molecule has 4 heteroatoms. The van der Waals surface area contributed by atoms with Gasteiger partial charge >= 0.3 is 5.97 Å². The van der Waals surface area contributed by atoms with Crippen molar-refractivity contribution in [3.63, 3.8) is 0 Å². The average molecular weight is 196 g/mol. The fraction of sp³-hybridized carbons (Fsp3) is 0.200. The number of benzene rings is 1. The van der Waals surface area contributed by atoms with Gasteiger partial charge in [-0.15, -0.1) is 0 Å². The molecule has 74 valence electrons. The Morgan fingerprint density at radius 2 is 1.86 bits per heavy atom. The maximum absolute atomic E-state index is 13.1. The summed E-state index contributed by atoms with van der Waals surface area (Å²) in [7, 11) is 1.03. The van der Waals surface area contributed by atoms with Crippen molar-refractivity contribution in [1.29, 1.82) is 0 Å². The molecule has 0 aliphatic heterocycles. The lowest BCUT2D eigenvalue weighted by molar-refractivity contribution is -0.144. The molecule has 1 rings (SSSR count). The molecule has 0 heterocycles. The standard InChI is InChI=1S/C10H9FO3/c1-14-10(13)8(11)9(12)7-5-3-2-4-6-7/h2-6,8H,1H3. The number of ether oxygens (including phenoxy) is 1. The van der Waals surface area contributed by atoms with E-state index in [4.69, 9.17) is 0 Å². The fourth-order valence-electron chi connectivity index (χ4n) is 0.959. The molecule has 1 unspecified atom stereocenters. The van der Waals surface area contributed by atoms with Gasteiger partial charge in [-0.2, -0.15) is 0 Å². The number of Topliss-reactive ketones (excluding diaryl/α,β-unsaturated/α-hetero) is 1. The molecule has 0 bridgehead atoms. The van der Waals surface area contributed by atoms with Crippen molar-refractivity contribution in [2.24, 2.45) is 0 Å². The van der Waals surface area contributed by atoms with E-state index in [0.717, 1.165) is 7.11 Å². The zero-order valence-electron chi connectivity index (χ0n) is 7.57. The van der Waals surface area contributed by atoms with Crippen LogP contribution in [0.5, 0.6) is 0 Å². The van der Waals surface area contributed by atoms with E-state index in [0.29, 0.717) is 0 Å².